The standard InChI is InChI=1S/C12H14ClNS/c1-3-9(2)12(6-7-12)15-11-5-4-10(13)8-14-11/h4-5,8H,2-3,6-7H2,1H3. The highest BCUT2D eigenvalue weighted by Crippen LogP contribution is 2.56. The van der Waals surface area contributed by atoms with Gasteiger partial charge in [-0.15, -0.1) is 0 Å². The van der Waals surface area contributed by atoms with Gasteiger partial charge in [-0.25, -0.2) is 4.98 Å². The summed E-state index contributed by atoms with van der Waals surface area (Å²) in [6.45, 7) is 6.31. The Morgan fingerprint density at radius 2 is 2.33 bits per heavy atom. The predicted octanol–water partition coefficient (Wildman–Crippen LogP) is 4.33. The minimum Gasteiger partial charge on any atom is -0.248 e. The molecule has 0 spiro atoms. The van der Waals surface area contributed by atoms with Crippen LogP contribution in [-0.4, -0.2) is 9.73 Å². The van der Waals surface area contributed by atoms with Crippen molar-refractivity contribution in [2.75, 3.05) is 0 Å². The van der Waals surface area contributed by atoms with E-state index in [1.165, 1.54) is 18.4 Å². The molecule has 15 heavy (non-hydrogen) atoms. The summed E-state index contributed by atoms with van der Waals surface area (Å²) in [6.07, 6.45) is 5.22. The summed E-state index contributed by atoms with van der Waals surface area (Å²) in [5.41, 5.74) is 1.34. The van der Waals surface area contributed by atoms with E-state index in [2.05, 4.69) is 18.5 Å². The first kappa shape index (κ1) is 11.0. The normalized spacial score (nSPS) is 17.5. The molecule has 0 saturated heterocycles. The summed E-state index contributed by atoms with van der Waals surface area (Å²) in [5.74, 6) is 0. The molecule has 1 saturated carbocycles. The molecule has 2 rings (SSSR count). The van der Waals surface area contributed by atoms with Gasteiger partial charge < -0.3 is 0 Å². The lowest BCUT2D eigenvalue weighted by atomic mass is 10.1. The highest BCUT2D eigenvalue weighted by atomic mass is 35.5. The van der Waals surface area contributed by atoms with E-state index in [1.807, 2.05) is 23.9 Å². The molecule has 0 radical (unpaired) electrons. The van der Waals surface area contributed by atoms with Crippen molar-refractivity contribution in [3.05, 3.63) is 35.5 Å². The van der Waals surface area contributed by atoms with Crippen molar-refractivity contribution >= 4 is 23.4 Å². The molecular formula is C12H14ClNS. The topological polar surface area (TPSA) is 12.9 Å². The van der Waals surface area contributed by atoms with Crippen molar-refractivity contribution in [1.29, 1.82) is 0 Å². The van der Waals surface area contributed by atoms with Crippen molar-refractivity contribution in [2.24, 2.45) is 0 Å². The fraction of sp³-hybridized carbons (Fsp3) is 0.417. The van der Waals surface area contributed by atoms with Crippen LogP contribution in [0.15, 0.2) is 35.5 Å². The van der Waals surface area contributed by atoms with Gasteiger partial charge >= 0.3 is 0 Å². The van der Waals surface area contributed by atoms with Crippen molar-refractivity contribution < 1.29 is 0 Å². The molecule has 1 aliphatic rings. The first-order chi connectivity index (χ1) is 7.16. The van der Waals surface area contributed by atoms with E-state index in [0.29, 0.717) is 5.02 Å². The number of nitrogens with zero attached hydrogens (tertiary/aromatic N) is 1. The summed E-state index contributed by atoms with van der Waals surface area (Å²) in [5, 5.41) is 1.74. The minimum atomic E-state index is 0.273. The van der Waals surface area contributed by atoms with Crippen LogP contribution in [0.4, 0.5) is 0 Å². The molecule has 0 N–H and O–H groups in total. The minimum absolute atomic E-state index is 0.273. The molecule has 0 aliphatic heterocycles. The Morgan fingerprint density at radius 1 is 1.60 bits per heavy atom. The Morgan fingerprint density at radius 3 is 2.80 bits per heavy atom. The second-order valence-electron chi connectivity index (χ2n) is 3.87. The molecule has 1 aromatic rings. The number of hydrogen-bond donors (Lipinski definition) is 0. The molecule has 0 unspecified atom stereocenters. The fourth-order valence-corrected chi connectivity index (χ4v) is 2.93. The molecule has 3 heteroatoms. The van der Waals surface area contributed by atoms with Gasteiger partial charge in [-0.3, -0.25) is 0 Å². The lowest BCUT2D eigenvalue weighted by molar-refractivity contribution is 0.955. The Bertz CT molecular complexity index is 368. The maximum Gasteiger partial charge on any atom is 0.0969 e. The van der Waals surface area contributed by atoms with Crippen LogP contribution < -0.4 is 0 Å². The van der Waals surface area contributed by atoms with Gasteiger partial charge in [-0.1, -0.05) is 42.4 Å². The Kier molecular flexibility index (Phi) is 3.08. The second kappa shape index (κ2) is 4.18. The maximum absolute atomic E-state index is 5.80. The van der Waals surface area contributed by atoms with Crippen LogP contribution >= 0.6 is 23.4 Å². The van der Waals surface area contributed by atoms with E-state index in [4.69, 9.17) is 11.6 Å². The monoisotopic (exact) mass is 239 g/mol. The van der Waals surface area contributed by atoms with Crippen molar-refractivity contribution in [2.45, 2.75) is 36.0 Å². The predicted molar refractivity (Wildman–Crippen MR) is 66.5 cm³/mol. The van der Waals surface area contributed by atoms with Gasteiger partial charge in [0, 0.05) is 10.9 Å². The molecule has 0 aromatic carbocycles. The maximum atomic E-state index is 5.80. The van der Waals surface area contributed by atoms with E-state index < -0.39 is 0 Å². The quantitative estimate of drug-likeness (QED) is 0.726. The zero-order chi connectivity index (χ0) is 10.9. The average Bonchev–Trinajstić information content (AvgIpc) is 3.01. The Labute approximate surface area is 99.9 Å². The third kappa shape index (κ3) is 2.37. The Balaban J connectivity index is 2.09. The number of thioether (sulfide) groups is 1. The number of hydrogen-bond acceptors (Lipinski definition) is 2. The molecule has 1 aliphatic carbocycles. The van der Waals surface area contributed by atoms with Crippen LogP contribution in [0, 0.1) is 0 Å². The van der Waals surface area contributed by atoms with Gasteiger partial charge in [0.05, 0.1) is 10.0 Å². The van der Waals surface area contributed by atoms with Crippen LogP contribution in [0.5, 0.6) is 0 Å². The molecule has 80 valence electrons. The van der Waals surface area contributed by atoms with E-state index >= 15 is 0 Å². The summed E-state index contributed by atoms with van der Waals surface area (Å²) in [4.78, 5) is 4.31. The first-order valence-electron chi connectivity index (χ1n) is 5.15. The van der Waals surface area contributed by atoms with E-state index in [-0.39, 0.29) is 4.75 Å². The van der Waals surface area contributed by atoms with E-state index in [1.54, 1.807) is 6.20 Å². The van der Waals surface area contributed by atoms with E-state index in [9.17, 15) is 0 Å². The van der Waals surface area contributed by atoms with Crippen LogP contribution in [0.1, 0.15) is 26.2 Å². The smallest absolute Gasteiger partial charge is 0.0969 e. The van der Waals surface area contributed by atoms with Gasteiger partial charge in [0.15, 0.2) is 0 Å². The SMILES string of the molecule is C=C(CC)C1(Sc2ccc(Cl)cn2)CC1. The van der Waals surface area contributed by atoms with Crippen molar-refractivity contribution in [1.82, 2.24) is 4.98 Å². The van der Waals surface area contributed by atoms with Crippen molar-refractivity contribution in [3.63, 3.8) is 0 Å². The lowest BCUT2D eigenvalue weighted by Gasteiger charge is -2.15. The molecule has 0 amide bonds. The zero-order valence-corrected chi connectivity index (χ0v) is 10.4. The van der Waals surface area contributed by atoms with Gasteiger partial charge in [0.1, 0.15) is 0 Å². The van der Waals surface area contributed by atoms with Gasteiger partial charge in [-0.2, -0.15) is 0 Å². The number of halogens is 1. The summed E-state index contributed by atoms with van der Waals surface area (Å²) >= 11 is 7.63. The molecule has 0 atom stereocenters. The number of pyridine rings is 1. The summed E-state index contributed by atoms with van der Waals surface area (Å²) in [7, 11) is 0. The van der Waals surface area contributed by atoms with Gasteiger partial charge in [-0.05, 0) is 31.4 Å². The number of rotatable bonds is 4. The van der Waals surface area contributed by atoms with Gasteiger partial charge in [0.25, 0.3) is 0 Å². The highest BCUT2D eigenvalue weighted by Gasteiger charge is 2.45. The van der Waals surface area contributed by atoms with Crippen LogP contribution in [0.25, 0.3) is 0 Å². The second-order valence-corrected chi connectivity index (χ2v) is 5.71. The molecular weight excluding hydrogens is 226 g/mol. The third-order valence-electron chi connectivity index (χ3n) is 2.78. The third-order valence-corrected chi connectivity index (χ3v) is 4.54. The highest BCUT2D eigenvalue weighted by molar-refractivity contribution is 8.01. The first-order valence-corrected chi connectivity index (χ1v) is 6.34. The molecule has 1 aromatic heterocycles. The van der Waals surface area contributed by atoms with Crippen LogP contribution in [0.2, 0.25) is 5.02 Å². The van der Waals surface area contributed by atoms with E-state index in [0.717, 1.165) is 11.4 Å². The zero-order valence-electron chi connectivity index (χ0n) is 8.79. The van der Waals surface area contributed by atoms with Crippen LogP contribution in [-0.2, 0) is 0 Å². The Hall–Kier alpha value is -0.470. The van der Waals surface area contributed by atoms with Gasteiger partial charge in [0.2, 0.25) is 0 Å². The molecule has 1 nitrogen and oxygen atoms in total. The average molecular weight is 240 g/mol. The lowest BCUT2D eigenvalue weighted by Crippen LogP contribution is -2.05. The summed E-state index contributed by atoms with van der Waals surface area (Å²) < 4.78 is 0.273. The van der Waals surface area contributed by atoms with Crippen LogP contribution in [0.3, 0.4) is 0 Å². The largest absolute Gasteiger partial charge is 0.248 e. The summed E-state index contributed by atoms with van der Waals surface area (Å²) in [6, 6.07) is 3.87. The molecule has 0 bridgehead atoms. The number of aromatic nitrogens is 1. The molecule has 1 fully saturated rings. The molecule has 1 heterocycles. The van der Waals surface area contributed by atoms with Crippen molar-refractivity contribution in [3.8, 4) is 0 Å². The fourth-order valence-electron chi connectivity index (χ4n) is 1.59.